The number of benzene rings is 1. The van der Waals surface area contributed by atoms with Crippen LogP contribution in [0.4, 0.5) is 0 Å². The molecule has 118 valence electrons. The maximum absolute atomic E-state index is 5.86. The third-order valence-corrected chi connectivity index (χ3v) is 4.07. The van der Waals surface area contributed by atoms with E-state index in [-0.39, 0.29) is 0 Å². The van der Waals surface area contributed by atoms with Crippen LogP contribution in [0.25, 0.3) is 0 Å². The summed E-state index contributed by atoms with van der Waals surface area (Å²) in [6.07, 6.45) is 0. The number of piperazine rings is 1. The Morgan fingerprint density at radius 2 is 1.76 bits per heavy atom. The third kappa shape index (κ3) is 4.99. The zero-order valence-electron chi connectivity index (χ0n) is 13.9. The van der Waals surface area contributed by atoms with E-state index in [0.717, 1.165) is 51.6 Å². The molecule has 1 heterocycles. The van der Waals surface area contributed by atoms with Crippen molar-refractivity contribution in [2.24, 2.45) is 0 Å². The third-order valence-electron chi connectivity index (χ3n) is 4.07. The monoisotopic (exact) mass is 291 g/mol. The second kappa shape index (κ2) is 7.78. The summed E-state index contributed by atoms with van der Waals surface area (Å²) in [5.74, 6) is 0.996. The Bertz CT molecular complexity index is 430. The molecule has 1 aromatic carbocycles. The zero-order valence-corrected chi connectivity index (χ0v) is 13.9. The van der Waals surface area contributed by atoms with Crippen LogP contribution >= 0.6 is 0 Å². The Hall–Kier alpha value is -1.10. The molecule has 0 spiro atoms. The molecule has 0 atom stereocenters. The van der Waals surface area contributed by atoms with Gasteiger partial charge in [0.2, 0.25) is 0 Å². The van der Waals surface area contributed by atoms with E-state index in [4.69, 9.17) is 4.74 Å². The van der Waals surface area contributed by atoms with E-state index in [0.29, 0.717) is 0 Å². The van der Waals surface area contributed by atoms with Crippen molar-refractivity contribution in [1.82, 2.24) is 15.1 Å². The quantitative estimate of drug-likeness (QED) is 0.862. The van der Waals surface area contributed by atoms with Gasteiger partial charge in [0, 0.05) is 39.3 Å². The number of nitrogens with one attached hydrogen (secondary N) is 1. The average molecular weight is 291 g/mol. The van der Waals surface area contributed by atoms with Gasteiger partial charge >= 0.3 is 0 Å². The van der Waals surface area contributed by atoms with Gasteiger partial charge in [-0.05, 0) is 56.8 Å². The second-order valence-corrected chi connectivity index (χ2v) is 6.21. The van der Waals surface area contributed by atoms with Crippen molar-refractivity contribution in [3.8, 4) is 5.75 Å². The summed E-state index contributed by atoms with van der Waals surface area (Å²) in [5, 5.41) is 3.41. The molecule has 1 saturated heterocycles. The van der Waals surface area contributed by atoms with Crippen molar-refractivity contribution in [1.29, 1.82) is 0 Å². The smallest absolute Gasteiger partial charge is 0.119 e. The van der Waals surface area contributed by atoms with E-state index in [2.05, 4.69) is 55.2 Å². The van der Waals surface area contributed by atoms with Crippen LogP contribution in [0.15, 0.2) is 12.1 Å². The van der Waals surface area contributed by atoms with Gasteiger partial charge in [-0.25, -0.2) is 0 Å². The highest BCUT2D eigenvalue weighted by atomic mass is 16.5. The lowest BCUT2D eigenvalue weighted by atomic mass is 10.0. The number of nitrogens with zero attached hydrogens (tertiary/aromatic N) is 2. The molecule has 0 radical (unpaired) electrons. The molecule has 1 N–H and O–H groups in total. The number of rotatable bonds is 6. The summed E-state index contributed by atoms with van der Waals surface area (Å²) in [6, 6.07) is 4.36. The van der Waals surface area contributed by atoms with Gasteiger partial charge in [-0.3, -0.25) is 4.90 Å². The first-order valence-corrected chi connectivity index (χ1v) is 7.87. The summed E-state index contributed by atoms with van der Waals surface area (Å²) in [6.45, 7) is 11.6. The highest BCUT2D eigenvalue weighted by Crippen LogP contribution is 2.23. The van der Waals surface area contributed by atoms with Gasteiger partial charge in [0.05, 0.1) is 0 Å². The van der Waals surface area contributed by atoms with Gasteiger partial charge < -0.3 is 15.0 Å². The lowest BCUT2D eigenvalue weighted by Crippen LogP contribution is -2.43. The van der Waals surface area contributed by atoms with Crippen LogP contribution in [0.2, 0.25) is 0 Å². The Labute approximate surface area is 129 Å². The highest BCUT2D eigenvalue weighted by Gasteiger charge is 2.13. The van der Waals surface area contributed by atoms with E-state index in [9.17, 15) is 0 Å². The fourth-order valence-electron chi connectivity index (χ4n) is 2.73. The summed E-state index contributed by atoms with van der Waals surface area (Å²) in [5.41, 5.74) is 4.14. The molecule has 0 aromatic heterocycles. The molecular weight excluding hydrogens is 262 g/mol. The number of hydrogen-bond acceptors (Lipinski definition) is 4. The first-order valence-electron chi connectivity index (χ1n) is 7.87. The molecule has 0 saturated carbocycles. The highest BCUT2D eigenvalue weighted by molar-refractivity contribution is 5.41. The van der Waals surface area contributed by atoms with Crippen molar-refractivity contribution < 1.29 is 4.74 Å². The SMILES string of the molecule is Cc1cc(OCCN(C)C)cc(C)c1CN1CCNCC1. The molecule has 1 aliphatic heterocycles. The Balaban J connectivity index is 1.99. The molecule has 1 aromatic rings. The molecular formula is C17H29N3O. The maximum Gasteiger partial charge on any atom is 0.119 e. The molecule has 1 fully saturated rings. The fourth-order valence-corrected chi connectivity index (χ4v) is 2.73. The van der Waals surface area contributed by atoms with Gasteiger partial charge in [-0.1, -0.05) is 0 Å². The zero-order chi connectivity index (χ0) is 15.2. The number of likely N-dealkylation sites (N-methyl/N-ethyl adjacent to an activating group) is 1. The first kappa shape index (κ1) is 16.3. The predicted molar refractivity (Wildman–Crippen MR) is 88.1 cm³/mol. The van der Waals surface area contributed by atoms with Crippen LogP contribution in [-0.4, -0.2) is 63.2 Å². The van der Waals surface area contributed by atoms with E-state index in [1.807, 2.05) is 0 Å². The fraction of sp³-hybridized carbons (Fsp3) is 0.647. The van der Waals surface area contributed by atoms with Crippen LogP contribution in [0.1, 0.15) is 16.7 Å². The number of hydrogen-bond donors (Lipinski definition) is 1. The van der Waals surface area contributed by atoms with E-state index in [1.165, 1.54) is 16.7 Å². The van der Waals surface area contributed by atoms with E-state index >= 15 is 0 Å². The van der Waals surface area contributed by atoms with Crippen LogP contribution in [0, 0.1) is 13.8 Å². The Morgan fingerprint density at radius 1 is 1.14 bits per heavy atom. The van der Waals surface area contributed by atoms with Crippen molar-refractivity contribution in [3.63, 3.8) is 0 Å². The van der Waals surface area contributed by atoms with Gasteiger partial charge in [-0.15, -0.1) is 0 Å². The van der Waals surface area contributed by atoms with Crippen molar-refractivity contribution in [2.75, 3.05) is 53.4 Å². The van der Waals surface area contributed by atoms with Gasteiger partial charge in [0.1, 0.15) is 12.4 Å². The molecule has 4 nitrogen and oxygen atoms in total. The van der Waals surface area contributed by atoms with Crippen molar-refractivity contribution in [3.05, 3.63) is 28.8 Å². The van der Waals surface area contributed by atoms with Crippen molar-refractivity contribution >= 4 is 0 Å². The summed E-state index contributed by atoms with van der Waals surface area (Å²) < 4.78 is 5.86. The molecule has 0 bridgehead atoms. The van der Waals surface area contributed by atoms with E-state index in [1.54, 1.807) is 0 Å². The second-order valence-electron chi connectivity index (χ2n) is 6.21. The molecule has 2 rings (SSSR count). The lowest BCUT2D eigenvalue weighted by Gasteiger charge is -2.28. The minimum atomic E-state index is 0.739. The minimum Gasteiger partial charge on any atom is -0.492 e. The standard InChI is InChI=1S/C17H29N3O/c1-14-11-16(21-10-9-19(3)4)12-15(2)17(14)13-20-7-5-18-6-8-20/h11-12,18H,5-10,13H2,1-4H3. The summed E-state index contributed by atoms with van der Waals surface area (Å²) >= 11 is 0. The Morgan fingerprint density at radius 3 is 2.33 bits per heavy atom. The predicted octanol–water partition coefficient (Wildman–Crippen LogP) is 1.65. The minimum absolute atomic E-state index is 0.739. The number of aryl methyl sites for hydroxylation is 2. The number of ether oxygens (including phenoxy) is 1. The molecule has 1 aliphatic rings. The largest absolute Gasteiger partial charge is 0.492 e. The first-order chi connectivity index (χ1) is 10.1. The molecule has 4 heteroatoms. The molecule has 0 aliphatic carbocycles. The van der Waals surface area contributed by atoms with Crippen LogP contribution < -0.4 is 10.1 Å². The van der Waals surface area contributed by atoms with Gasteiger partial charge in [-0.2, -0.15) is 0 Å². The molecule has 0 unspecified atom stereocenters. The van der Waals surface area contributed by atoms with Crippen LogP contribution in [0.5, 0.6) is 5.75 Å². The van der Waals surface area contributed by atoms with E-state index < -0.39 is 0 Å². The molecule has 0 amide bonds. The van der Waals surface area contributed by atoms with Gasteiger partial charge in [0.15, 0.2) is 0 Å². The van der Waals surface area contributed by atoms with Crippen molar-refractivity contribution in [2.45, 2.75) is 20.4 Å². The average Bonchev–Trinajstić information content (AvgIpc) is 2.44. The Kier molecular flexibility index (Phi) is 6.03. The molecule has 21 heavy (non-hydrogen) atoms. The van der Waals surface area contributed by atoms with Crippen LogP contribution in [0.3, 0.4) is 0 Å². The normalized spacial score (nSPS) is 16.4. The van der Waals surface area contributed by atoms with Crippen LogP contribution in [-0.2, 0) is 6.54 Å². The maximum atomic E-state index is 5.86. The summed E-state index contributed by atoms with van der Waals surface area (Å²) in [4.78, 5) is 4.66. The topological polar surface area (TPSA) is 27.7 Å². The summed E-state index contributed by atoms with van der Waals surface area (Å²) in [7, 11) is 4.13. The van der Waals surface area contributed by atoms with Gasteiger partial charge in [0.25, 0.3) is 0 Å². The lowest BCUT2D eigenvalue weighted by molar-refractivity contribution is 0.232.